The lowest BCUT2D eigenvalue weighted by molar-refractivity contribution is -0.133. The zero-order valence-electron chi connectivity index (χ0n) is 22.0. The number of aliphatic carboxylic acids is 2. The molecule has 4 heteroatoms. The molecule has 3 rings (SSSR count). The Labute approximate surface area is 204 Å². The molecule has 0 heterocycles. The fraction of sp³-hybridized carbons (Fsp3) is 0.793. The van der Waals surface area contributed by atoms with Crippen molar-refractivity contribution in [1.29, 1.82) is 0 Å². The van der Waals surface area contributed by atoms with Gasteiger partial charge in [0.1, 0.15) is 0 Å². The fourth-order valence-corrected chi connectivity index (χ4v) is 3.71. The summed E-state index contributed by atoms with van der Waals surface area (Å²) in [6.45, 7) is 9.20. The fourth-order valence-electron chi connectivity index (χ4n) is 3.71. The zero-order chi connectivity index (χ0) is 25.2. The summed E-state index contributed by atoms with van der Waals surface area (Å²) in [4.78, 5) is 19.2. The van der Waals surface area contributed by atoms with Gasteiger partial charge in [0.25, 0.3) is 0 Å². The van der Waals surface area contributed by atoms with Crippen LogP contribution in [-0.4, -0.2) is 22.2 Å². The van der Waals surface area contributed by atoms with Crippen molar-refractivity contribution in [2.45, 2.75) is 149 Å². The third-order valence-electron chi connectivity index (χ3n) is 5.98. The Hall–Kier alpha value is -1.58. The molecule has 33 heavy (non-hydrogen) atoms. The highest BCUT2D eigenvalue weighted by molar-refractivity contribution is 5.85. The molecule has 0 aromatic rings. The predicted octanol–water partition coefficient (Wildman–Crippen LogP) is 9.49. The summed E-state index contributed by atoms with van der Waals surface area (Å²) in [5.74, 6) is -1.87. The van der Waals surface area contributed by atoms with Crippen LogP contribution in [0, 0.1) is 0 Å². The van der Waals surface area contributed by atoms with Crippen molar-refractivity contribution < 1.29 is 19.8 Å². The van der Waals surface area contributed by atoms with Gasteiger partial charge in [-0.3, -0.25) is 0 Å². The molecular formula is C29H54O4. The summed E-state index contributed by atoms with van der Waals surface area (Å²) in [5, 5.41) is 15.8. The third kappa shape index (κ3) is 32.7. The number of carboxylic acid groups (broad SMARTS) is 2. The first-order chi connectivity index (χ1) is 15.8. The van der Waals surface area contributed by atoms with Gasteiger partial charge in [-0.05, 0) is 13.8 Å². The standard InChI is InChI=1S/3C7H14.2C4H6O2/c3*1-2-4-6-7-5-3-1;2*1-3(2)4(5)6/h3*1-7H2;2*1H2,2H3,(H,5,6). The van der Waals surface area contributed by atoms with Crippen molar-refractivity contribution >= 4 is 11.9 Å². The van der Waals surface area contributed by atoms with Gasteiger partial charge in [-0.2, -0.15) is 0 Å². The maximum absolute atomic E-state index is 9.60. The van der Waals surface area contributed by atoms with E-state index in [1.807, 2.05) is 0 Å². The van der Waals surface area contributed by atoms with E-state index in [0.29, 0.717) is 0 Å². The molecule has 0 aromatic heterocycles. The molecule has 0 bridgehead atoms. The smallest absolute Gasteiger partial charge is 0.330 e. The molecule has 3 aliphatic carbocycles. The van der Waals surface area contributed by atoms with Crippen molar-refractivity contribution in [2.75, 3.05) is 0 Å². The highest BCUT2D eigenvalue weighted by atomic mass is 16.4. The molecule has 4 nitrogen and oxygen atoms in total. The summed E-state index contributed by atoms with van der Waals surface area (Å²) in [6.07, 6.45) is 31.5. The van der Waals surface area contributed by atoms with Crippen molar-refractivity contribution in [3.05, 3.63) is 24.3 Å². The summed E-state index contributed by atoms with van der Waals surface area (Å²) < 4.78 is 0. The molecule has 0 atom stereocenters. The Bertz CT molecular complexity index is 356. The topological polar surface area (TPSA) is 74.6 Å². The van der Waals surface area contributed by atoms with Gasteiger partial charge in [-0.1, -0.05) is 148 Å². The van der Waals surface area contributed by atoms with Crippen LogP contribution >= 0.6 is 0 Å². The van der Waals surface area contributed by atoms with Gasteiger partial charge in [0, 0.05) is 11.1 Å². The van der Waals surface area contributed by atoms with E-state index in [4.69, 9.17) is 10.2 Å². The second-order valence-electron chi connectivity index (χ2n) is 9.60. The Balaban J connectivity index is 0. The first kappa shape index (κ1) is 33.6. The van der Waals surface area contributed by atoms with Crippen LogP contribution < -0.4 is 0 Å². The minimum absolute atomic E-state index is 0.176. The highest BCUT2D eigenvalue weighted by Crippen LogP contribution is 2.16. The minimum atomic E-state index is -0.935. The molecule has 0 amide bonds. The van der Waals surface area contributed by atoms with Crippen LogP contribution in [0.2, 0.25) is 0 Å². The number of rotatable bonds is 2. The third-order valence-corrected chi connectivity index (χ3v) is 5.98. The monoisotopic (exact) mass is 466 g/mol. The first-order valence-electron chi connectivity index (χ1n) is 13.6. The Morgan fingerprint density at radius 1 is 0.394 bits per heavy atom. The number of hydrogen-bond donors (Lipinski definition) is 2. The molecule has 0 saturated heterocycles. The first-order valence-corrected chi connectivity index (χ1v) is 13.6. The molecule has 2 N–H and O–H groups in total. The molecule has 0 aromatic carbocycles. The van der Waals surface area contributed by atoms with Gasteiger partial charge in [0.05, 0.1) is 0 Å². The second-order valence-corrected chi connectivity index (χ2v) is 9.60. The van der Waals surface area contributed by atoms with Crippen LogP contribution in [0.25, 0.3) is 0 Å². The van der Waals surface area contributed by atoms with Crippen molar-refractivity contribution in [3.8, 4) is 0 Å². The van der Waals surface area contributed by atoms with Gasteiger partial charge < -0.3 is 10.2 Å². The van der Waals surface area contributed by atoms with E-state index in [1.165, 1.54) is 149 Å². The maximum atomic E-state index is 9.60. The molecule has 3 saturated carbocycles. The molecule has 0 unspecified atom stereocenters. The second kappa shape index (κ2) is 26.7. The Kier molecular flexibility index (Phi) is 27.1. The van der Waals surface area contributed by atoms with E-state index in [-0.39, 0.29) is 11.1 Å². The summed E-state index contributed by atoms with van der Waals surface area (Å²) in [5.41, 5.74) is 0.352. The van der Waals surface area contributed by atoms with Crippen LogP contribution in [0.4, 0.5) is 0 Å². The average Bonchev–Trinajstić information content (AvgIpc) is 3.36. The highest BCUT2D eigenvalue weighted by Gasteiger charge is 1.97. The molecule has 194 valence electrons. The van der Waals surface area contributed by atoms with E-state index in [9.17, 15) is 9.59 Å². The lowest BCUT2D eigenvalue weighted by Crippen LogP contribution is -1.92. The lowest BCUT2D eigenvalue weighted by Gasteiger charge is -1.85. The maximum Gasteiger partial charge on any atom is 0.330 e. The van der Waals surface area contributed by atoms with Crippen LogP contribution in [0.3, 0.4) is 0 Å². The SMILES string of the molecule is C1CCCCCC1.C1CCCCCC1.C1CCCCCC1.C=C(C)C(=O)O.C=C(C)C(=O)O. The van der Waals surface area contributed by atoms with Gasteiger partial charge in [-0.25, -0.2) is 9.59 Å². The van der Waals surface area contributed by atoms with Gasteiger partial charge in [0.15, 0.2) is 0 Å². The number of carboxylic acids is 2. The summed E-state index contributed by atoms with van der Waals surface area (Å²) in [7, 11) is 0. The van der Waals surface area contributed by atoms with Crippen molar-refractivity contribution in [1.82, 2.24) is 0 Å². The molecule has 0 aliphatic heterocycles. The summed E-state index contributed by atoms with van der Waals surface area (Å²) >= 11 is 0. The molecule has 0 spiro atoms. The van der Waals surface area contributed by atoms with E-state index < -0.39 is 11.9 Å². The average molecular weight is 467 g/mol. The van der Waals surface area contributed by atoms with Gasteiger partial charge in [-0.15, -0.1) is 0 Å². The molecule has 3 aliphatic rings. The van der Waals surface area contributed by atoms with Crippen molar-refractivity contribution in [3.63, 3.8) is 0 Å². The van der Waals surface area contributed by atoms with Crippen LogP contribution in [-0.2, 0) is 9.59 Å². The normalized spacial score (nSPS) is 18.0. The Morgan fingerprint density at radius 3 is 0.485 bits per heavy atom. The minimum Gasteiger partial charge on any atom is -0.478 e. The van der Waals surface area contributed by atoms with Gasteiger partial charge >= 0.3 is 11.9 Å². The molecule has 0 radical (unpaired) electrons. The molecular weight excluding hydrogens is 412 g/mol. The predicted molar refractivity (Wildman–Crippen MR) is 142 cm³/mol. The lowest BCUT2D eigenvalue weighted by atomic mass is 10.2. The largest absolute Gasteiger partial charge is 0.478 e. The summed E-state index contributed by atoms with van der Waals surface area (Å²) in [6, 6.07) is 0. The van der Waals surface area contributed by atoms with E-state index in [1.54, 1.807) is 0 Å². The van der Waals surface area contributed by atoms with E-state index >= 15 is 0 Å². The quantitative estimate of drug-likeness (QED) is 0.314. The van der Waals surface area contributed by atoms with Crippen LogP contribution in [0.1, 0.15) is 149 Å². The number of carbonyl (C=O) groups is 2. The van der Waals surface area contributed by atoms with Gasteiger partial charge in [0.2, 0.25) is 0 Å². The van der Waals surface area contributed by atoms with Crippen LogP contribution in [0.15, 0.2) is 24.3 Å². The number of hydrogen-bond acceptors (Lipinski definition) is 2. The zero-order valence-corrected chi connectivity index (χ0v) is 22.0. The Morgan fingerprint density at radius 2 is 0.455 bits per heavy atom. The molecule has 3 fully saturated rings. The van der Waals surface area contributed by atoms with E-state index in [2.05, 4.69) is 13.2 Å². The van der Waals surface area contributed by atoms with Crippen molar-refractivity contribution in [2.24, 2.45) is 0 Å². The van der Waals surface area contributed by atoms with Crippen LogP contribution in [0.5, 0.6) is 0 Å². The van der Waals surface area contributed by atoms with E-state index in [0.717, 1.165) is 0 Å².